The molecule has 29 heavy (non-hydrogen) atoms. The maximum Gasteiger partial charge on any atom is 0.321 e. The Balaban J connectivity index is 1.92. The van der Waals surface area contributed by atoms with Crippen LogP contribution in [0.25, 0.3) is 10.8 Å². The fourth-order valence-corrected chi connectivity index (χ4v) is 3.50. The lowest BCUT2D eigenvalue weighted by Crippen LogP contribution is -2.39. The first-order valence-corrected chi connectivity index (χ1v) is 10.1. The van der Waals surface area contributed by atoms with E-state index in [2.05, 4.69) is 5.32 Å². The second-order valence-corrected chi connectivity index (χ2v) is 8.54. The van der Waals surface area contributed by atoms with E-state index in [0.717, 1.165) is 15.1 Å². The molecule has 0 spiro atoms. The lowest BCUT2D eigenvalue weighted by molar-refractivity contribution is -0.148. The molecule has 1 N–H and O–H groups in total. The van der Waals surface area contributed by atoms with Gasteiger partial charge in [-0.1, -0.05) is 30.3 Å². The number of esters is 1. The normalized spacial score (nSPS) is 11.3. The Labute approximate surface area is 169 Å². The fourth-order valence-electron chi connectivity index (χ4n) is 2.35. The summed E-state index contributed by atoms with van der Waals surface area (Å²) in [7, 11) is 0.422. The number of fused-ring (bicyclic) bond motifs is 1. The lowest BCUT2D eigenvalue weighted by atomic mass is 10.1. The second-order valence-electron chi connectivity index (χ2n) is 6.50. The predicted octanol–water partition coefficient (Wildman–Crippen LogP) is 0.208. The quantitative estimate of drug-likeness (QED) is 0.610. The SMILES string of the molecule is CN(C)C(=O)CNC(=O)COC(=O)CN(C)S(=O)(=O)c1ccc2ccccc2c1. The summed E-state index contributed by atoms with van der Waals surface area (Å²) >= 11 is 0. The van der Waals surface area contributed by atoms with Crippen LogP contribution in [-0.4, -0.2) is 76.2 Å². The van der Waals surface area contributed by atoms with Gasteiger partial charge in [0.25, 0.3) is 5.91 Å². The van der Waals surface area contributed by atoms with Crippen molar-refractivity contribution in [3.63, 3.8) is 0 Å². The number of sulfonamides is 1. The largest absolute Gasteiger partial charge is 0.455 e. The van der Waals surface area contributed by atoms with E-state index in [1.54, 1.807) is 32.3 Å². The zero-order chi connectivity index (χ0) is 21.6. The fraction of sp³-hybridized carbons (Fsp3) is 0.316. The van der Waals surface area contributed by atoms with E-state index in [-0.39, 0.29) is 17.3 Å². The molecule has 2 rings (SSSR count). The smallest absolute Gasteiger partial charge is 0.321 e. The Bertz CT molecular complexity index is 1020. The van der Waals surface area contributed by atoms with Crippen LogP contribution in [0.4, 0.5) is 0 Å². The first-order chi connectivity index (χ1) is 13.6. The summed E-state index contributed by atoms with van der Waals surface area (Å²) < 4.78 is 31.0. The zero-order valence-electron chi connectivity index (χ0n) is 16.4. The number of carbonyl (C=O) groups is 3. The van der Waals surface area contributed by atoms with Gasteiger partial charge in [-0.3, -0.25) is 14.4 Å². The van der Waals surface area contributed by atoms with E-state index in [0.29, 0.717) is 0 Å². The molecule has 0 fully saturated rings. The summed E-state index contributed by atoms with van der Waals surface area (Å²) in [6.07, 6.45) is 0. The number of nitrogens with zero attached hydrogens (tertiary/aromatic N) is 2. The molecule has 0 aliphatic heterocycles. The predicted molar refractivity (Wildman–Crippen MR) is 106 cm³/mol. The van der Waals surface area contributed by atoms with Crippen LogP contribution < -0.4 is 5.32 Å². The van der Waals surface area contributed by atoms with Gasteiger partial charge in [0.15, 0.2) is 6.61 Å². The van der Waals surface area contributed by atoms with Crippen molar-refractivity contribution in [3.8, 4) is 0 Å². The molecule has 0 saturated heterocycles. The van der Waals surface area contributed by atoms with Crippen LogP contribution >= 0.6 is 0 Å². The molecule has 9 nitrogen and oxygen atoms in total. The Kier molecular flexibility index (Phi) is 7.29. The summed E-state index contributed by atoms with van der Waals surface area (Å²) in [5, 5.41) is 3.96. The van der Waals surface area contributed by atoms with Gasteiger partial charge in [-0.15, -0.1) is 0 Å². The number of benzene rings is 2. The Morgan fingerprint density at radius 3 is 2.31 bits per heavy atom. The van der Waals surface area contributed by atoms with Gasteiger partial charge < -0.3 is 15.0 Å². The van der Waals surface area contributed by atoms with Crippen molar-refractivity contribution < 1.29 is 27.5 Å². The van der Waals surface area contributed by atoms with Crippen LogP contribution in [0.15, 0.2) is 47.4 Å². The first kappa shape index (κ1) is 22.3. The summed E-state index contributed by atoms with van der Waals surface area (Å²) in [5.41, 5.74) is 0. The molecule has 0 aromatic heterocycles. The van der Waals surface area contributed by atoms with Crippen molar-refractivity contribution in [1.82, 2.24) is 14.5 Å². The van der Waals surface area contributed by atoms with Gasteiger partial charge in [0.05, 0.1) is 11.4 Å². The number of amides is 2. The van der Waals surface area contributed by atoms with Crippen molar-refractivity contribution in [1.29, 1.82) is 0 Å². The van der Waals surface area contributed by atoms with Crippen molar-refractivity contribution in [2.75, 3.05) is 40.8 Å². The van der Waals surface area contributed by atoms with Crippen LogP contribution in [-0.2, 0) is 29.1 Å². The standard InChI is InChI=1S/C19H23N3O6S/c1-21(2)18(24)11-20-17(23)13-28-19(25)12-22(3)29(26,27)16-9-8-14-6-4-5-7-15(14)10-16/h4-10H,11-13H2,1-3H3,(H,20,23). The van der Waals surface area contributed by atoms with Crippen LogP contribution in [0, 0.1) is 0 Å². The van der Waals surface area contributed by atoms with Crippen molar-refractivity contribution >= 4 is 38.6 Å². The molecular formula is C19H23N3O6S. The molecular weight excluding hydrogens is 398 g/mol. The summed E-state index contributed by atoms with van der Waals surface area (Å²) in [6, 6.07) is 12.0. The third-order valence-corrected chi connectivity index (χ3v) is 5.88. The van der Waals surface area contributed by atoms with E-state index in [4.69, 9.17) is 4.74 Å². The minimum atomic E-state index is -3.91. The highest BCUT2D eigenvalue weighted by Gasteiger charge is 2.24. The number of nitrogens with one attached hydrogen (secondary N) is 1. The Morgan fingerprint density at radius 2 is 1.66 bits per heavy atom. The van der Waals surface area contributed by atoms with E-state index in [1.165, 1.54) is 24.1 Å². The van der Waals surface area contributed by atoms with Gasteiger partial charge in [0.1, 0.15) is 6.54 Å². The van der Waals surface area contributed by atoms with E-state index in [1.807, 2.05) is 12.1 Å². The van der Waals surface area contributed by atoms with Crippen LogP contribution in [0.2, 0.25) is 0 Å². The minimum Gasteiger partial charge on any atom is -0.455 e. The second kappa shape index (κ2) is 9.48. The van der Waals surface area contributed by atoms with Gasteiger partial charge in [-0.2, -0.15) is 4.31 Å². The molecule has 156 valence electrons. The maximum atomic E-state index is 12.7. The van der Waals surface area contributed by atoms with Gasteiger partial charge in [-0.25, -0.2) is 8.42 Å². The van der Waals surface area contributed by atoms with E-state index < -0.39 is 35.1 Å². The summed E-state index contributed by atoms with van der Waals surface area (Å²) in [6.45, 7) is -1.39. The lowest BCUT2D eigenvalue weighted by Gasteiger charge is -2.17. The molecule has 0 atom stereocenters. The topological polar surface area (TPSA) is 113 Å². The molecule has 0 unspecified atom stereocenters. The van der Waals surface area contributed by atoms with Crippen LogP contribution in [0.3, 0.4) is 0 Å². The van der Waals surface area contributed by atoms with Crippen molar-refractivity contribution in [3.05, 3.63) is 42.5 Å². The molecule has 2 amide bonds. The van der Waals surface area contributed by atoms with E-state index >= 15 is 0 Å². The number of hydrogen-bond acceptors (Lipinski definition) is 6. The van der Waals surface area contributed by atoms with Gasteiger partial charge in [0.2, 0.25) is 15.9 Å². The van der Waals surface area contributed by atoms with Crippen molar-refractivity contribution in [2.45, 2.75) is 4.90 Å². The molecule has 2 aromatic rings. The monoisotopic (exact) mass is 421 g/mol. The van der Waals surface area contributed by atoms with Gasteiger partial charge in [0, 0.05) is 21.1 Å². The molecule has 2 aromatic carbocycles. The molecule has 0 aliphatic rings. The minimum absolute atomic E-state index is 0.0476. The molecule has 0 saturated carbocycles. The third kappa shape index (κ3) is 6.00. The Morgan fingerprint density at radius 1 is 1.00 bits per heavy atom. The van der Waals surface area contributed by atoms with Crippen LogP contribution in [0.5, 0.6) is 0 Å². The molecule has 0 aliphatic carbocycles. The zero-order valence-corrected chi connectivity index (χ0v) is 17.2. The number of carbonyl (C=O) groups excluding carboxylic acids is 3. The number of ether oxygens (including phenoxy) is 1. The number of hydrogen-bond donors (Lipinski definition) is 1. The van der Waals surface area contributed by atoms with Gasteiger partial charge in [-0.05, 0) is 22.9 Å². The molecule has 0 bridgehead atoms. The highest BCUT2D eigenvalue weighted by Crippen LogP contribution is 2.21. The molecule has 10 heteroatoms. The first-order valence-electron chi connectivity index (χ1n) is 8.69. The average molecular weight is 421 g/mol. The van der Waals surface area contributed by atoms with Crippen molar-refractivity contribution in [2.24, 2.45) is 0 Å². The van der Waals surface area contributed by atoms with Crippen LogP contribution in [0.1, 0.15) is 0 Å². The highest BCUT2D eigenvalue weighted by atomic mass is 32.2. The number of rotatable bonds is 8. The highest BCUT2D eigenvalue weighted by molar-refractivity contribution is 7.89. The molecule has 0 radical (unpaired) electrons. The summed E-state index contributed by atoms with van der Waals surface area (Å²) in [4.78, 5) is 36.3. The van der Waals surface area contributed by atoms with Gasteiger partial charge >= 0.3 is 5.97 Å². The average Bonchev–Trinajstić information content (AvgIpc) is 2.69. The summed E-state index contributed by atoms with van der Waals surface area (Å²) in [5.74, 6) is -1.86. The number of likely N-dealkylation sites (N-methyl/N-ethyl adjacent to an activating group) is 2. The Hall–Kier alpha value is -2.98. The van der Waals surface area contributed by atoms with E-state index in [9.17, 15) is 22.8 Å². The molecule has 0 heterocycles. The maximum absolute atomic E-state index is 12.7. The third-order valence-electron chi connectivity index (χ3n) is 4.08.